The van der Waals surface area contributed by atoms with Crippen LogP contribution < -0.4 is 10.5 Å². The van der Waals surface area contributed by atoms with Crippen LogP contribution in [0.3, 0.4) is 0 Å². The minimum absolute atomic E-state index is 0.0608. The number of hydrogen-bond donors (Lipinski definition) is 2. The lowest BCUT2D eigenvalue weighted by Gasteiger charge is -2.10. The SMILES string of the molecule is Cc1cc(Br)c(NS(=O)(=O)c2cn(C)nc2N)cc1Cl. The van der Waals surface area contributed by atoms with Gasteiger partial charge in [-0.2, -0.15) is 5.10 Å². The molecule has 0 bridgehead atoms. The summed E-state index contributed by atoms with van der Waals surface area (Å²) in [6.07, 6.45) is 1.33. The lowest BCUT2D eigenvalue weighted by Crippen LogP contribution is -2.14. The van der Waals surface area contributed by atoms with Crippen molar-refractivity contribution in [2.45, 2.75) is 11.8 Å². The zero-order valence-electron chi connectivity index (χ0n) is 10.7. The van der Waals surface area contributed by atoms with Crippen LogP contribution in [0.4, 0.5) is 11.5 Å². The first-order valence-electron chi connectivity index (χ1n) is 5.48. The number of sulfonamides is 1. The Balaban J connectivity index is 2.43. The smallest absolute Gasteiger partial charge is 0.267 e. The van der Waals surface area contributed by atoms with Crippen LogP contribution in [0.2, 0.25) is 5.02 Å². The molecule has 3 N–H and O–H groups in total. The van der Waals surface area contributed by atoms with Crippen molar-refractivity contribution in [1.29, 1.82) is 0 Å². The van der Waals surface area contributed by atoms with Crippen LogP contribution in [0, 0.1) is 6.92 Å². The Morgan fingerprint density at radius 2 is 2.10 bits per heavy atom. The second kappa shape index (κ2) is 5.27. The molecule has 0 fully saturated rings. The molecular formula is C11H12BrClN4O2S. The molecule has 2 rings (SSSR count). The highest BCUT2D eigenvalue weighted by atomic mass is 79.9. The van der Waals surface area contributed by atoms with E-state index in [0.717, 1.165) is 5.56 Å². The molecule has 0 radical (unpaired) electrons. The Hall–Kier alpha value is -1.25. The van der Waals surface area contributed by atoms with E-state index < -0.39 is 10.0 Å². The highest BCUT2D eigenvalue weighted by Crippen LogP contribution is 2.31. The molecule has 1 heterocycles. The average Bonchev–Trinajstić information content (AvgIpc) is 2.66. The third-order valence-corrected chi connectivity index (χ3v) is 5.05. The number of benzene rings is 1. The van der Waals surface area contributed by atoms with Gasteiger partial charge in [0.2, 0.25) is 0 Å². The molecule has 20 heavy (non-hydrogen) atoms. The molecule has 0 saturated heterocycles. The predicted molar refractivity (Wildman–Crippen MR) is 82.3 cm³/mol. The molecule has 0 aliphatic carbocycles. The molecule has 0 aliphatic rings. The van der Waals surface area contributed by atoms with E-state index in [0.29, 0.717) is 15.2 Å². The van der Waals surface area contributed by atoms with E-state index in [9.17, 15) is 8.42 Å². The monoisotopic (exact) mass is 378 g/mol. The molecule has 0 amide bonds. The van der Waals surface area contributed by atoms with Crippen molar-refractivity contribution in [2.24, 2.45) is 7.05 Å². The molecule has 1 aromatic heterocycles. The fraction of sp³-hybridized carbons (Fsp3) is 0.182. The van der Waals surface area contributed by atoms with E-state index in [1.807, 2.05) is 6.92 Å². The number of rotatable bonds is 3. The van der Waals surface area contributed by atoms with Gasteiger partial charge < -0.3 is 5.73 Å². The minimum Gasteiger partial charge on any atom is -0.381 e. The topological polar surface area (TPSA) is 90.0 Å². The number of nitrogen functional groups attached to an aromatic ring is 1. The first-order valence-corrected chi connectivity index (χ1v) is 8.13. The van der Waals surface area contributed by atoms with Crippen molar-refractivity contribution >= 4 is 49.1 Å². The van der Waals surface area contributed by atoms with Gasteiger partial charge in [0.15, 0.2) is 5.82 Å². The first kappa shape index (κ1) is 15.1. The van der Waals surface area contributed by atoms with Gasteiger partial charge in [0.25, 0.3) is 10.0 Å². The van der Waals surface area contributed by atoms with Crippen molar-refractivity contribution in [3.05, 3.63) is 33.4 Å². The second-order valence-corrected chi connectivity index (χ2v) is 7.15. The molecule has 0 saturated carbocycles. The van der Waals surface area contributed by atoms with E-state index in [2.05, 4.69) is 25.8 Å². The average molecular weight is 380 g/mol. The van der Waals surface area contributed by atoms with Gasteiger partial charge in [-0.3, -0.25) is 9.40 Å². The van der Waals surface area contributed by atoms with Crippen molar-refractivity contribution in [1.82, 2.24) is 9.78 Å². The Bertz CT molecular complexity index is 773. The largest absolute Gasteiger partial charge is 0.381 e. The molecule has 0 spiro atoms. The van der Waals surface area contributed by atoms with Crippen molar-refractivity contribution in [3.63, 3.8) is 0 Å². The van der Waals surface area contributed by atoms with E-state index in [1.165, 1.54) is 16.9 Å². The van der Waals surface area contributed by atoms with Gasteiger partial charge in [-0.05, 0) is 40.5 Å². The fourth-order valence-electron chi connectivity index (χ4n) is 1.62. The van der Waals surface area contributed by atoms with Crippen LogP contribution in [-0.4, -0.2) is 18.2 Å². The standard InChI is InChI=1S/C11H12BrClN4O2S/c1-6-3-7(12)9(4-8(6)13)16-20(18,19)10-5-17(2)15-11(10)14/h3-5,16H,1-2H3,(H2,14,15). The predicted octanol–water partition coefficient (Wildman–Crippen LogP) is 2.53. The van der Waals surface area contributed by atoms with E-state index >= 15 is 0 Å². The Morgan fingerprint density at radius 3 is 2.65 bits per heavy atom. The van der Waals surface area contributed by atoms with Crippen LogP contribution in [0.25, 0.3) is 0 Å². The number of hydrogen-bond acceptors (Lipinski definition) is 4. The quantitative estimate of drug-likeness (QED) is 0.857. The van der Waals surface area contributed by atoms with Crippen LogP contribution in [0.5, 0.6) is 0 Å². The normalized spacial score (nSPS) is 11.6. The molecule has 1 aromatic carbocycles. The Kier molecular flexibility index (Phi) is 3.99. The van der Waals surface area contributed by atoms with Crippen molar-refractivity contribution in [3.8, 4) is 0 Å². The van der Waals surface area contributed by atoms with Crippen LogP contribution >= 0.6 is 27.5 Å². The third kappa shape index (κ3) is 2.92. The number of nitrogens with one attached hydrogen (secondary N) is 1. The zero-order valence-corrected chi connectivity index (χ0v) is 13.8. The summed E-state index contributed by atoms with van der Waals surface area (Å²) in [5.74, 6) is -0.0608. The lowest BCUT2D eigenvalue weighted by molar-refractivity contribution is 0.601. The van der Waals surface area contributed by atoms with Crippen LogP contribution in [0.15, 0.2) is 27.7 Å². The van der Waals surface area contributed by atoms with E-state index in [4.69, 9.17) is 17.3 Å². The van der Waals surface area contributed by atoms with Gasteiger partial charge in [-0.1, -0.05) is 11.6 Å². The van der Waals surface area contributed by atoms with Crippen LogP contribution in [0.1, 0.15) is 5.56 Å². The number of halogens is 2. The summed E-state index contributed by atoms with van der Waals surface area (Å²) in [6.45, 7) is 1.82. The Labute approximate surface area is 130 Å². The van der Waals surface area contributed by atoms with Gasteiger partial charge in [-0.25, -0.2) is 8.42 Å². The lowest BCUT2D eigenvalue weighted by atomic mass is 10.2. The maximum Gasteiger partial charge on any atom is 0.267 e. The van der Waals surface area contributed by atoms with Crippen molar-refractivity contribution < 1.29 is 8.42 Å². The molecule has 108 valence electrons. The van der Waals surface area contributed by atoms with E-state index in [1.54, 1.807) is 13.1 Å². The summed E-state index contributed by atoms with van der Waals surface area (Å²) >= 11 is 9.29. The van der Waals surface area contributed by atoms with Gasteiger partial charge in [-0.15, -0.1) is 0 Å². The molecule has 0 unspecified atom stereocenters. The van der Waals surface area contributed by atoms with E-state index in [-0.39, 0.29) is 10.7 Å². The number of aromatic nitrogens is 2. The summed E-state index contributed by atoms with van der Waals surface area (Å²) in [5, 5.41) is 4.27. The summed E-state index contributed by atoms with van der Waals surface area (Å²) in [5.41, 5.74) is 6.76. The maximum atomic E-state index is 12.3. The number of nitrogens with zero attached hydrogens (tertiary/aromatic N) is 2. The summed E-state index contributed by atoms with van der Waals surface area (Å²) in [7, 11) is -2.23. The Morgan fingerprint density at radius 1 is 1.45 bits per heavy atom. The summed E-state index contributed by atoms with van der Waals surface area (Å²) in [4.78, 5) is -0.0800. The minimum atomic E-state index is -3.82. The fourth-order valence-corrected chi connectivity index (χ4v) is 3.64. The zero-order chi connectivity index (χ0) is 15.1. The molecule has 2 aromatic rings. The van der Waals surface area contributed by atoms with Gasteiger partial charge >= 0.3 is 0 Å². The van der Waals surface area contributed by atoms with Gasteiger partial charge in [0.05, 0.1) is 5.69 Å². The summed E-state index contributed by atoms with van der Waals surface area (Å²) < 4.78 is 28.9. The number of nitrogens with two attached hydrogens (primary N) is 1. The number of aryl methyl sites for hydroxylation is 2. The van der Waals surface area contributed by atoms with Gasteiger partial charge in [0, 0.05) is 22.7 Å². The highest BCUT2D eigenvalue weighted by molar-refractivity contribution is 9.10. The molecular weight excluding hydrogens is 368 g/mol. The highest BCUT2D eigenvalue weighted by Gasteiger charge is 2.22. The maximum absolute atomic E-state index is 12.3. The van der Waals surface area contributed by atoms with Gasteiger partial charge in [0.1, 0.15) is 4.90 Å². The summed E-state index contributed by atoms with van der Waals surface area (Å²) in [6, 6.07) is 3.26. The molecule has 0 atom stereocenters. The second-order valence-electron chi connectivity index (χ2n) is 4.24. The number of anilines is 2. The first-order chi connectivity index (χ1) is 9.20. The van der Waals surface area contributed by atoms with Crippen molar-refractivity contribution in [2.75, 3.05) is 10.5 Å². The van der Waals surface area contributed by atoms with Crippen LogP contribution in [-0.2, 0) is 17.1 Å². The molecule has 9 heteroatoms. The molecule has 0 aliphatic heterocycles. The molecule has 6 nitrogen and oxygen atoms in total. The third-order valence-electron chi connectivity index (χ3n) is 2.60.